The Labute approximate surface area is 104 Å². The van der Waals surface area contributed by atoms with Crippen molar-refractivity contribution < 1.29 is 4.92 Å². The number of rotatable bonds is 4. The first kappa shape index (κ1) is 12.1. The van der Waals surface area contributed by atoms with Gasteiger partial charge in [0.1, 0.15) is 0 Å². The smallest absolute Gasteiger partial charge is 0.272 e. The minimum Gasteiger partial charge on any atom is -0.381 e. The summed E-state index contributed by atoms with van der Waals surface area (Å²) in [5.41, 5.74) is 3.74. The Morgan fingerprint density at radius 2 is 2.22 bits per heavy atom. The van der Waals surface area contributed by atoms with Gasteiger partial charge >= 0.3 is 0 Å². The number of benzene rings is 1. The van der Waals surface area contributed by atoms with Gasteiger partial charge < -0.3 is 5.32 Å². The van der Waals surface area contributed by atoms with Gasteiger partial charge in [0.15, 0.2) is 0 Å². The molecule has 0 aliphatic heterocycles. The minimum absolute atomic E-state index is 0.139. The van der Waals surface area contributed by atoms with Crippen molar-refractivity contribution in [2.45, 2.75) is 20.4 Å². The number of anilines is 1. The van der Waals surface area contributed by atoms with E-state index in [0.717, 1.165) is 16.9 Å². The molecule has 0 aliphatic rings. The van der Waals surface area contributed by atoms with Crippen LogP contribution in [0.2, 0.25) is 0 Å². The first-order valence-corrected chi connectivity index (χ1v) is 5.55. The summed E-state index contributed by atoms with van der Waals surface area (Å²) in [7, 11) is 0. The summed E-state index contributed by atoms with van der Waals surface area (Å²) < 4.78 is 0. The lowest BCUT2D eigenvalue weighted by atomic mass is 10.1. The normalized spacial score (nSPS) is 10.3. The summed E-state index contributed by atoms with van der Waals surface area (Å²) in [5, 5.41) is 20.7. The molecule has 0 atom stereocenters. The second-order valence-corrected chi connectivity index (χ2v) is 4.13. The highest BCUT2D eigenvalue weighted by molar-refractivity contribution is 5.53. The molecule has 6 nitrogen and oxygen atoms in total. The predicted molar refractivity (Wildman–Crippen MR) is 68.5 cm³/mol. The Morgan fingerprint density at radius 1 is 1.44 bits per heavy atom. The van der Waals surface area contributed by atoms with E-state index in [-0.39, 0.29) is 10.6 Å². The minimum atomic E-state index is -0.376. The monoisotopic (exact) mass is 246 g/mol. The standard InChI is InChI=1S/C12H14N4O2/c1-8-5-11(3-4-12(8)16(17)18)13-6-10-7-14-15-9(10)2/h3-5,7,13H,6H2,1-2H3,(H,14,15). The second kappa shape index (κ2) is 4.87. The van der Waals surface area contributed by atoms with Gasteiger partial charge in [-0.25, -0.2) is 0 Å². The highest BCUT2D eigenvalue weighted by Gasteiger charge is 2.10. The van der Waals surface area contributed by atoms with Gasteiger partial charge in [0.05, 0.1) is 11.1 Å². The van der Waals surface area contributed by atoms with Gasteiger partial charge in [-0.05, 0) is 26.0 Å². The quantitative estimate of drug-likeness (QED) is 0.641. The summed E-state index contributed by atoms with van der Waals surface area (Å²) in [4.78, 5) is 10.3. The van der Waals surface area contributed by atoms with Gasteiger partial charge in [-0.2, -0.15) is 5.10 Å². The van der Waals surface area contributed by atoms with E-state index in [1.54, 1.807) is 25.3 Å². The number of nitrogens with one attached hydrogen (secondary N) is 2. The maximum Gasteiger partial charge on any atom is 0.272 e. The fraction of sp³-hybridized carbons (Fsp3) is 0.250. The zero-order valence-electron chi connectivity index (χ0n) is 10.2. The summed E-state index contributed by atoms with van der Waals surface area (Å²) in [6.45, 7) is 4.32. The third kappa shape index (κ3) is 2.48. The lowest BCUT2D eigenvalue weighted by Crippen LogP contribution is -2.01. The largest absolute Gasteiger partial charge is 0.381 e. The summed E-state index contributed by atoms with van der Waals surface area (Å²) in [5.74, 6) is 0. The van der Waals surface area contributed by atoms with Crippen LogP contribution in [0, 0.1) is 24.0 Å². The molecule has 0 spiro atoms. The van der Waals surface area contributed by atoms with Crippen molar-refractivity contribution >= 4 is 11.4 Å². The Kier molecular flexibility index (Phi) is 3.27. The lowest BCUT2D eigenvalue weighted by Gasteiger charge is -2.06. The van der Waals surface area contributed by atoms with Crippen LogP contribution < -0.4 is 5.32 Å². The molecule has 0 saturated heterocycles. The maximum atomic E-state index is 10.7. The molecular formula is C12H14N4O2. The van der Waals surface area contributed by atoms with Crippen molar-refractivity contribution in [3.63, 3.8) is 0 Å². The zero-order valence-corrected chi connectivity index (χ0v) is 10.2. The Hall–Kier alpha value is -2.37. The number of nitro groups is 1. The van der Waals surface area contributed by atoms with Crippen molar-refractivity contribution in [1.82, 2.24) is 10.2 Å². The molecule has 2 aromatic rings. The van der Waals surface area contributed by atoms with Crippen molar-refractivity contribution in [2.24, 2.45) is 0 Å². The molecule has 0 aliphatic carbocycles. The van der Waals surface area contributed by atoms with Crippen LogP contribution in [0.1, 0.15) is 16.8 Å². The van der Waals surface area contributed by atoms with Crippen molar-refractivity contribution in [2.75, 3.05) is 5.32 Å². The van der Waals surface area contributed by atoms with Crippen LogP contribution in [0.3, 0.4) is 0 Å². The molecule has 0 bridgehead atoms. The Morgan fingerprint density at radius 3 is 2.78 bits per heavy atom. The van der Waals surface area contributed by atoms with Crippen LogP contribution >= 0.6 is 0 Å². The van der Waals surface area contributed by atoms with E-state index in [4.69, 9.17) is 0 Å². The zero-order chi connectivity index (χ0) is 13.1. The van der Waals surface area contributed by atoms with E-state index in [0.29, 0.717) is 12.1 Å². The Balaban J connectivity index is 2.09. The first-order chi connectivity index (χ1) is 8.58. The Bertz CT molecular complexity index is 577. The van der Waals surface area contributed by atoms with Crippen molar-refractivity contribution in [1.29, 1.82) is 0 Å². The molecule has 94 valence electrons. The van der Waals surface area contributed by atoms with E-state index >= 15 is 0 Å². The summed E-state index contributed by atoms with van der Waals surface area (Å²) in [6, 6.07) is 4.99. The van der Waals surface area contributed by atoms with Gasteiger partial charge in [-0.1, -0.05) is 0 Å². The molecule has 1 heterocycles. The maximum absolute atomic E-state index is 10.7. The van der Waals surface area contributed by atoms with E-state index < -0.39 is 0 Å². The SMILES string of the molecule is Cc1cc(NCc2cn[nH]c2C)ccc1[N+](=O)[O-]. The average molecular weight is 246 g/mol. The number of H-pyrrole nitrogens is 1. The van der Waals surface area contributed by atoms with Crippen LogP contribution in [0.25, 0.3) is 0 Å². The van der Waals surface area contributed by atoms with E-state index in [2.05, 4.69) is 15.5 Å². The van der Waals surface area contributed by atoms with Crippen LogP contribution in [0.15, 0.2) is 24.4 Å². The first-order valence-electron chi connectivity index (χ1n) is 5.55. The van der Waals surface area contributed by atoms with Crippen LogP contribution in [0.4, 0.5) is 11.4 Å². The molecule has 2 N–H and O–H groups in total. The highest BCUT2D eigenvalue weighted by atomic mass is 16.6. The van der Waals surface area contributed by atoms with Crippen LogP contribution in [-0.2, 0) is 6.54 Å². The van der Waals surface area contributed by atoms with E-state index in [1.165, 1.54) is 6.07 Å². The molecule has 6 heteroatoms. The summed E-state index contributed by atoms with van der Waals surface area (Å²) >= 11 is 0. The van der Waals surface area contributed by atoms with Crippen molar-refractivity contribution in [3.05, 3.63) is 51.3 Å². The molecule has 0 radical (unpaired) electrons. The number of nitrogens with zero attached hydrogens (tertiary/aromatic N) is 2. The van der Waals surface area contributed by atoms with Gasteiger partial charge in [-0.3, -0.25) is 15.2 Å². The number of nitro benzene ring substituents is 1. The fourth-order valence-electron chi connectivity index (χ4n) is 1.72. The van der Waals surface area contributed by atoms with Gasteiger partial charge in [0, 0.05) is 35.1 Å². The third-order valence-electron chi connectivity index (χ3n) is 2.81. The van der Waals surface area contributed by atoms with Crippen LogP contribution in [-0.4, -0.2) is 15.1 Å². The van der Waals surface area contributed by atoms with E-state index in [1.807, 2.05) is 6.92 Å². The molecule has 2 rings (SSSR count). The topological polar surface area (TPSA) is 83.8 Å². The van der Waals surface area contributed by atoms with Gasteiger partial charge in [0.25, 0.3) is 5.69 Å². The number of aryl methyl sites for hydroxylation is 2. The molecule has 0 fully saturated rings. The third-order valence-corrected chi connectivity index (χ3v) is 2.81. The van der Waals surface area contributed by atoms with Gasteiger partial charge in [-0.15, -0.1) is 0 Å². The molecule has 1 aromatic heterocycles. The molecule has 0 unspecified atom stereocenters. The molecular weight excluding hydrogens is 232 g/mol. The number of hydrogen-bond acceptors (Lipinski definition) is 4. The molecule has 0 amide bonds. The number of aromatic amines is 1. The average Bonchev–Trinajstić information content (AvgIpc) is 2.72. The molecule has 0 saturated carbocycles. The van der Waals surface area contributed by atoms with Crippen LogP contribution in [0.5, 0.6) is 0 Å². The summed E-state index contributed by atoms with van der Waals surface area (Å²) in [6.07, 6.45) is 1.76. The predicted octanol–water partition coefficient (Wildman–Crippen LogP) is 2.55. The highest BCUT2D eigenvalue weighted by Crippen LogP contribution is 2.22. The lowest BCUT2D eigenvalue weighted by molar-refractivity contribution is -0.385. The molecule has 1 aromatic carbocycles. The fourth-order valence-corrected chi connectivity index (χ4v) is 1.72. The number of aromatic nitrogens is 2. The second-order valence-electron chi connectivity index (χ2n) is 4.13. The number of hydrogen-bond donors (Lipinski definition) is 2. The molecule has 18 heavy (non-hydrogen) atoms. The van der Waals surface area contributed by atoms with E-state index in [9.17, 15) is 10.1 Å². The van der Waals surface area contributed by atoms with Gasteiger partial charge in [0.2, 0.25) is 0 Å². The van der Waals surface area contributed by atoms with Crippen molar-refractivity contribution in [3.8, 4) is 0 Å².